The summed E-state index contributed by atoms with van der Waals surface area (Å²) in [5.74, 6) is 0.764. The Balaban J connectivity index is 1.70. The molecule has 0 aliphatic heterocycles. The Morgan fingerprint density at radius 1 is 1.53 bits per heavy atom. The summed E-state index contributed by atoms with van der Waals surface area (Å²) in [6.07, 6.45) is 8.20. The lowest BCUT2D eigenvalue weighted by molar-refractivity contribution is 0.439. The second-order valence-electron chi connectivity index (χ2n) is 3.95. The van der Waals surface area contributed by atoms with Crippen LogP contribution in [0.25, 0.3) is 0 Å². The molecule has 0 radical (unpaired) electrons. The van der Waals surface area contributed by atoms with Gasteiger partial charge in [-0.25, -0.2) is 0 Å². The molecule has 1 heterocycles. The first-order valence-electron chi connectivity index (χ1n) is 5.37. The Bertz CT molecular complexity index is 380. The van der Waals surface area contributed by atoms with Crippen molar-refractivity contribution in [2.45, 2.75) is 25.8 Å². The van der Waals surface area contributed by atoms with Crippen LogP contribution < -0.4 is 10.2 Å². The monoisotopic (exact) mass is 224 g/mol. The zero-order valence-electron chi connectivity index (χ0n) is 8.66. The van der Waals surface area contributed by atoms with Crippen LogP contribution in [0.4, 0.5) is 0 Å². The Kier molecular flexibility index (Phi) is 3.75. The molecule has 0 spiro atoms. The number of hydrogen-bond donors (Lipinski definition) is 2. The van der Waals surface area contributed by atoms with Crippen LogP contribution >= 0.6 is 11.3 Å². The third kappa shape index (κ3) is 3.32. The Morgan fingerprint density at radius 3 is 3.13 bits per heavy atom. The summed E-state index contributed by atoms with van der Waals surface area (Å²) < 4.78 is 0. The second kappa shape index (κ2) is 5.28. The van der Waals surface area contributed by atoms with Crippen molar-refractivity contribution in [3.05, 3.63) is 32.9 Å². The van der Waals surface area contributed by atoms with Gasteiger partial charge in [-0.2, -0.15) is 0 Å². The SMILES string of the molecule is O=c1[nH]c(CNCC2CC=CCC2)cs1. The number of aromatic amines is 1. The predicted molar refractivity (Wildman–Crippen MR) is 63.1 cm³/mol. The summed E-state index contributed by atoms with van der Waals surface area (Å²) in [5, 5.41) is 5.27. The fourth-order valence-corrected chi connectivity index (χ4v) is 2.43. The zero-order valence-corrected chi connectivity index (χ0v) is 9.48. The largest absolute Gasteiger partial charge is 0.315 e. The maximum absolute atomic E-state index is 10.9. The van der Waals surface area contributed by atoms with Crippen molar-refractivity contribution in [1.82, 2.24) is 10.3 Å². The van der Waals surface area contributed by atoms with Crippen molar-refractivity contribution < 1.29 is 0 Å². The first kappa shape index (κ1) is 10.6. The van der Waals surface area contributed by atoms with E-state index in [1.54, 1.807) is 0 Å². The highest BCUT2D eigenvalue weighted by Crippen LogP contribution is 2.16. The number of allylic oxidation sites excluding steroid dienone is 2. The minimum atomic E-state index is 0.0346. The molecule has 0 saturated heterocycles. The Hall–Kier alpha value is -0.870. The van der Waals surface area contributed by atoms with Gasteiger partial charge in [0.05, 0.1) is 0 Å². The molecule has 0 saturated carbocycles. The summed E-state index contributed by atoms with van der Waals surface area (Å²) >= 11 is 1.23. The topological polar surface area (TPSA) is 44.9 Å². The van der Waals surface area contributed by atoms with Gasteiger partial charge in [-0.15, -0.1) is 0 Å². The molecule has 3 nitrogen and oxygen atoms in total. The van der Waals surface area contributed by atoms with Gasteiger partial charge in [-0.1, -0.05) is 23.5 Å². The Labute approximate surface area is 93.2 Å². The molecule has 0 bridgehead atoms. The van der Waals surface area contributed by atoms with Gasteiger partial charge in [-0.3, -0.25) is 4.79 Å². The third-order valence-electron chi connectivity index (χ3n) is 2.70. The molecule has 2 rings (SSSR count). The lowest BCUT2D eigenvalue weighted by Crippen LogP contribution is -2.23. The molecule has 82 valence electrons. The molecular weight excluding hydrogens is 208 g/mol. The van der Waals surface area contributed by atoms with Gasteiger partial charge < -0.3 is 10.3 Å². The predicted octanol–water partition coefficient (Wildman–Crippen LogP) is 1.88. The van der Waals surface area contributed by atoms with E-state index in [4.69, 9.17) is 0 Å². The van der Waals surface area contributed by atoms with Gasteiger partial charge in [0.15, 0.2) is 0 Å². The van der Waals surface area contributed by atoms with Gasteiger partial charge in [-0.05, 0) is 31.7 Å². The summed E-state index contributed by atoms with van der Waals surface area (Å²) in [6.45, 7) is 1.82. The lowest BCUT2D eigenvalue weighted by atomic mass is 9.94. The van der Waals surface area contributed by atoms with E-state index in [0.29, 0.717) is 0 Å². The minimum absolute atomic E-state index is 0.0346. The van der Waals surface area contributed by atoms with Crippen LogP contribution in [0.1, 0.15) is 25.0 Å². The Morgan fingerprint density at radius 2 is 2.47 bits per heavy atom. The fraction of sp³-hybridized carbons (Fsp3) is 0.545. The third-order valence-corrected chi connectivity index (χ3v) is 3.42. The van der Waals surface area contributed by atoms with Crippen LogP contribution in [0.5, 0.6) is 0 Å². The van der Waals surface area contributed by atoms with E-state index in [-0.39, 0.29) is 4.87 Å². The number of nitrogens with one attached hydrogen (secondary N) is 2. The molecule has 1 aromatic heterocycles. The van der Waals surface area contributed by atoms with E-state index in [9.17, 15) is 4.79 Å². The lowest BCUT2D eigenvalue weighted by Gasteiger charge is -2.17. The first-order chi connectivity index (χ1) is 7.34. The zero-order chi connectivity index (χ0) is 10.5. The van der Waals surface area contributed by atoms with E-state index in [1.165, 1.54) is 30.6 Å². The van der Waals surface area contributed by atoms with Crippen LogP contribution in [0, 0.1) is 5.92 Å². The number of hydrogen-bond acceptors (Lipinski definition) is 3. The van der Waals surface area contributed by atoms with E-state index >= 15 is 0 Å². The molecule has 0 aromatic carbocycles. The minimum Gasteiger partial charge on any atom is -0.315 e. The smallest absolute Gasteiger partial charge is 0.304 e. The van der Waals surface area contributed by atoms with E-state index in [2.05, 4.69) is 22.5 Å². The average molecular weight is 224 g/mol. The quantitative estimate of drug-likeness (QED) is 0.767. The van der Waals surface area contributed by atoms with Crippen molar-refractivity contribution in [3.63, 3.8) is 0 Å². The van der Waals surface area contributed by atoms with Crippen LogP contribution in [0.2, 0.25) is 0 Å². The van der Waals surface area contributed by atoms with Crippen LogP contribution in [0.3, 0.4) is 0 Å². The summed E-state index contributed by atoms with van der Waals surface area (Å²) in [4.78, 5) is 13.7. The van der Waals surface area contributed by atoms with Gasteiger partial charge in [0.2, 0.25) is 0 Å². The molecule has 1 aliphatic carbocycles. The van der Waals surface area contributed by atoms with Gasteiger partial charge in [0.1, 0.15) is 0 Å². The van der Waals surface area contributed by atoms with Crippen LogP contribution in [-0.4, -0.2) is 11.5 Å². The summed E-state index contributed by atoms with van der Waals surface area (Å²) in [6, 6.07) is 0. The molecule has 1 atom stereocenters. The molecular formula is C11H16N2OS. The van der Waals surface area contributed by atoms with E-state index < -0.39 is 0 Å². The maximum atomic E-state index is 10.9. The van der Waals surface area contributed by atoms with Crippen molar-refractivity contribution in [2.75, 3.05) is 6.54 Å². The van der Waals surface area contributed by atoms with Gasteiger partial charge >= 0.3 is 4.87 Å². The number of thiazole rings is 1. The van der Waals surface area contributed by atoms with Crippen molar-refractivity contribution in [2.24, 2.45) is 5.92 Å². The van der Waals surface area contributed by atoms with Gasteiger partial charge in [0, 0.05) is 17.6 Å². The molecule has 4 heteroatoms. The van der Waals surface area contributed by atoms with E-state index in [0.717, 1.165) is 24.7 Å². The molecule has 1 unspecified atom stereocenters. The normalized spacial score (nSPS) is 20.7. The molecule has 2 N–H and O–H groups in total. The molecule has 15 heavy (non-hydrogen) atoms. The van der Waals surface area contributed by atoms with Crippen molar-refractivity contribution in [1.29, 1.82) is 0 Å². The molecule has 1 aliphatic rings. The highest BCUT2D eigenvalue weighted by atomic mass is 32.1. The molecule has 0 fully saturated rings. The fourth-order valence-electron chi connectivity index (χ4n) is 1.85. The highest BCUT2D eigenvalue weighted by molar-refractivity contribution is 7.07. The standard InChI is InChI=1S/C11H16N2OS/c14-11-13-10(8-15-11)7-12-6-9-4-2-1-3-5-9/h1-2,8-9,12H,3-7H2,(H,13,14). The summed E-state index contributed by atoms with van der Waals surface area (Å²) in [7, 11) is 0. The second-order valence-corrected chi connectivity index (χ2v) is 4.80. The number of H-pyrrole nitrogens is 1. The van der Waals surface area contributed by atoms with Crippen molar-refractivity contribution in [3.8, 4) is 0 Å². The highest BCUT2D eigenvalue weighted by Gasteiger charge is 2.08. The summed E-state index contributed by atoms with van der Waals surface area (Å²) in [5.41, 5.74) is 0.997. The number of rotatable bonds is 4. The van der Waals surface area contributed by atoms with Crippen molar-refractivity contribution >= 4 is 11.3 Å². The molecule has 1 aromatic rings. The maximum Gasteiger partial charge on any atom is 0.304 e. The van der Waals surface area contributed by atoms with E-state index in [1.807, 2.05) is 5.38 Å². The van der Waals surface area contributed by atoms with Crippen LogP contribution in [-0.2, 0) is 6.54 Å². The average Bonchev–Trinajstić information content (AvgIpc) is 2.66. The molecule has 0 amide bonds. The van der Waals surface area contributed by atoms with Gasteiger partial charge in [0.25, 0.3) is 0 Å². The number of aromatic nitrogens is 1. The van der Waals surface area contributed by atoms with Crippen LogP contribution in [0.15, 0.2) is 22.3 Å². The first-order valence-corrected chi connectivity index (χ1v) is 6.25.